The van der Waals surface area contributed by atoms with Gasteiger partial charge in [-0.3, -0.25) is 0 Å². The van der Waals surface area contributed by atoms with Gasteiger partial charge in [-0.05, 0) is 17.7 Å². The number of benzene rings is 1. The molecule has 21 heavy (non-hydrogen) atoms. The highest BCUT2D eigenvalue weighted by Crippen LogP contribution is 2.28. The molecule has 1 aromatic carbocycles. The van der Waals surface area contributed by atoms with Gasteiger partial charge in [0.25, 0.3) is 0 Å². The number of aromatic nitrogens is 3. The van der Waals surface area contributed by atoms with E-state index in [0.29, 0.717) is 0 Å². The van der Waals surface area contributed by atoms with E-state index in [1.807, 2.05) is 35.9 Å². The van der Waals surface area contributed by atoms with E-state index < -0.39 is 0 Å². The fourth-order valence-corrected chi connectivity index (χ4v) is 2.77. The van der Waals surface area contributed by atoms with Gasteiger partial charge in [-0.15, -0.1) is 0 Å². The standard InChI is InChI=1S/C16H16N4O/c1-20-10-19-15-13(20)6-7-17-16(15)18-9-12-8-11-4-2-3-5-14(11)21-12/h2-7,10,12H,8-9H2,1H3,(H,17,18). The highest BCUT2D eigenvalue weighted by molar-refractivity contribution is 5.85. The Morgan fingerprint density at radius 1 is 1.29 bits per heavy atom. The minimum Gasteiger partial charge on any atom is -0.488 e. The van der Waals surface area contributed by atoms with Gasteiger partial charge in [0.15, 0.2) is 5.82 Å². The lowest BCUT2D eigenvalue weighted by Gasteiger charge is -2.12. The van der Waals surface area contributed by atoms with Gasteiger partial charge in [-0.2, -0.15) is 0 Å². The third kappa shape index (κ3) is 2.11. The molecule has 3 aromatic rings. The fourth-order valence-electron chi connectivity index (χ4n) is 2.77. The van der Waals surface area contributed by atoms with Gasteiger partial charge < -0.3 is 14.6 Å². The average molecular weight is 280 g/mol. The van der Waals surface area contributed by atoms with Crippen molar-refractivity contribution in [2.45, 2.75) is 12.5 Å². The molecule has 5 heteroatoms. The minimum atomic E-state index is 0.142. The zero-order valence-electron chi connectivity index (χ0n) is 11.8. The summed E-state index contributed by atoms with van der Waals surface area (Å²) in [7, 11) is 1.98. The number of imidazole rings is 1. The molecule has 1 unspecified atom stereocenters. The van der Waals surface area contributed by atoms with Crippen molar-refractivity contribution in [3.63, 3.8) is 0 Å². The molecular formula is C16H16N4O. The second-order valence-electron chi connectivity index (χ2n) is 5.32. The number of para-hydroxylation sites is 1. The second-order valence-corrected chi connectivity index (χ2v) is 5.32. The first-order chi connectivity index (χ1) is 10.3. The van der Waals surface area contributed by atoms with Crippen LogP contribution in [0, 0.1) is 0 Å². The molecule has 0 aliphatic carbocycles. The lowest BCUT2D eigenvalue weighted by atomic mass is 10.1. The Labute approximate surface area is 122 Å². The number of aryl methyl sites for hydroxylation is 1. The third-order valence-corrected chi connectivity index (χ3v) is 3.85. The van der Waals surface area contributed by atoms with Crippen LogP contribution in [-0.2, 0) is 13.5 Å². The lowest BCUT2D eigenvalue weighted by molar-refractivity contribution is 0.246. The van der Waals surface area contributed by atoms with Crippen LogP contribution in [0.5, 0.6) is 5.75 Å². The Bertz CT molecular complexity index is 771. The van der Waals surface area contributed by atoms with Gasteiger partial charge in [-0.25, -0.2) is 9.97 Å². The molecule has 0 spiro atoms. The summed E-state index contributed by atoms with van der Waals surface area (Å²) in [5, 5.41) is 3.37. The highest BCUT2D eigenvalue weighted by Gasteiger charge is 2.22. The summed E-state index contributed by atoms with van der Waals surface area (Å²) in [4.78, 5) is 8.79. The van der Waals surface area contributed by atoms with Crippen LogP contribution in [0.25, 0.3) is 11.0 Å². The number of hydrogen-bond acceptors (Lipinski definition) is 4. The number of rotatable bonds is 3. The number of hydrogen-bond donors (Lipinski definition) is 1. The molecule has 5 nitrogen and oxygen atoms in total. The monoisotopic (exact) mass is 280 g/mol. The molecule has 0 amide bonds. The Kier molecular flexibility index (Phi) is 2.77. The summed E-state index contributed by atoms with van der Waals surface area (Å²) >= 11 is 0. The van der Waals surface area contributed by atoms with Crippen molar-refractivity contribution in [2.75, 3.05) is 11.9 Å². The van der Waals surface area contributed by atoms with E-state index in [-0.39, 0.29) is 6.10 Å². The predicted octanol–water partition coefficient (Wildman–Crippen LogP) is 2.38. The molecule has 1 N–H and O–H groups in total. The van der Waals surface area contributed by atoms with E-state index in [4.69, 9.17) is 4.74 Å². The second kappa shape index (κ2) is 4.77. The topological polar surface area (TPSA) is 52.0 Å². The molecular weight excluding hydrogens is 264 g/mol. The van der Waals surface area contributed by atoms with Crippen molar-refractivity contribution < 1.29 is 4.74 Å². The van der Waals surface area contributed by atoms with Crippen LogP contribution < -0.4 is 10.1 Å². The van der Waals surface area contributed by atoms with Crippen LogP contribution in [0.1, 0.15) is 5.56 Å². The Hall–Kier alpha value is -2.56. The molecule has 2 aromatic heterocycles. The van der Waals surface area contributed by atoms with E-state index in [0.717, 1.165) is 35.6 Å². The number of fused-ring (bicyclic) bond motifs is 2. The molecule has 1 aliphatic heterocycles. The lowest BCUT2D eigenvalue weighted by Crippen LogP contribution is -2.24. The van der Waals surface area contributed by atoms with E-state index in [1.165, 1.54) is 5.56 Å². The summed E-state index contributed by atoms with van der Waals surface area (Å²) in [5.74, 6) is 1.81. The Morgan fingerprint density at radius 2 is 2.19 bits per heavy atom. The van der Waals surface area contributed by atoms with Crippen molar-refractivity contribution in [2.24, 2.45) is 7.05 Å². The molecule has 0 saturated heterocycles. The van der Waals surface area contributed by atoms with Crippen molar-refractivity contribution in [3.05, 3.63) is 48.4 Å². The number of ether oxygens (including phenoxy) is 1. The zero-order valence-corrected chi connectivity index (χ0v) is 11.8. The smallest absolute Gasteiger partial charge is 0.154 e. The van der Waals surface area contributed by atoms with Crippen LogP contribution in [0.4, 0.5) is 5.82 Å². The molecule has 0 fully saturated rings. The maximum Gasteiger partial charge on any atom is 0.154 e. The Morgan fingerprint density at radius 3 is 3.10 bits per heavy atom. The fraction of sp³-hybridized carbons (Fsp3) is 0.250. The SMILES string of the molecule is Cn1cnc2c(NCC3Cc4ccccc4O3)nccc21. The molecule has 4 rings (SSSR count). The number of pyridine rings is 1. The summed E-state index contributed by atoms with van der Waals surface area (Å²) in [6.45, 7) is 0.720. The molecule has 3 heterocycles. The van der Waals surface area contributed by atoms with Crippen molar-refractivity contribution in [3.8, 4) is 5.75 Å². The van der Waals surface area contributed by atoms with E-state index in [9.17, 15) is 0 Å². The van der Waals surface area contributed by atoms with Gasteiger partial charge >= 0.3 is 0 Å². The number of nitrogens with one attached hydrogen (secondary N) is 1. The summed E-state index contributed by atoms with van der Waals surface area (Å²) in [6, 6.07) is 10.2. The van der Waals surface area contributed by atoms with Crippen LogP contribution in [0.15, 0.2) is 42.9 Å². The quantitative estimate of drug-likeness (QED) is 0.800. The van der Waals surface area contributed by atoms with Gasteiger partial charge in [0, 0.05) is 19.7 Å². The maximum atomic E-state index is 5.93. The van der Waals surface area contributed by atoms with Crippen molar-refractivity contribution >= 4 is 16.9 Å². The third-order valence-electron chi connectivity index (χ3n) is 3.85. The molecule has 1 aliphatic rings. The summed E-state index contributed by atoms with van der Waals surface area (Å²) < 4.78 is 7.92. The first-order valence-electron chi connectivity index (χ1n) is 7.06. The van der Waals surface area contributed by atoms with Crippen LogP contribution in [-0.4, -0.2) is 27.2 Å². The van der Waals surface area contributed by atoms with Crippen molar-refractivity contribution in [1.82, 2.24) is 14.5 Å². The van der Waals surface area contributed by atoms with Crippen LogP contribution >= 0.6 is 0 Å². The molecule has 0 bridgehead atoms. The first kappa shape index (κ1) is 12.2. The van der Waals surface area contributed by atoms with Gasteiger partial charge in [-0.1, -0.05) is 18.2 Å². The van der Waals surface area contributed by atoms with Gasteiger partial charge in [0.05, 0.1) is 18.4 Å². The zero-order chi connectivity index (χ0) is 14.2. The highest BCUT2D eigenvalue weighted by atomic mass is 16.5. The first-order valence-corrected chi connectivity index (χ1v) is 7.06. The molecule has 0 saturated carbocycles. The normalized spacial score (nSPS) is 16.7. The molecule has 0 radical (unpaired) electrons. The largest absolute Gasteiger partial charge is 0.488 e. The molecule has 1 atom stereocenters. The van der Waals surface area contributed by atoms with Crippen LogP contribution in [0.3, 0.4) is 0 Å². The summed E-state index contributed by atoms with van der Waals surface area (Å²) in [5.41, 5.74) is 3.24. The van der Waals surface area contributed by atoms with Gasteiger partial charge in [0.1, 0.15) is 17.4 Å². The van der Waals surface area contributed by atoms with E-state index >= 15 is 0 Å². The van der Waals surface area contributed by atoms with Gasteiger partial charge in [0.2, 0.25) is 0 Å². The number of nitrogens with zero attached hydrogens (tertiary/aromatic N) is 3. The number of anilines is 1. The summed E-state index contributed by atoms with van der Waals surface area (Å²) in [6.07, 6.45) is 4.68. The maximum absolute atomic E-state index is 5.93. The molecule has 106 valence electrons. The Balaban J connectivity index is 1.50. The van der Waals surface area contributed by atoms with E-state index in [2.05, 4.69) is 21.4 Å². The van der Waals surface area contributed by atoms with Crippen molar-refractivity contribution in [1.29, 1.82) is 0 Å². The average Bonchev–Trinajstić information content (AvgIpc) is 3.09. The van der Waals surface area contributed by atoms with Crippen LogP contribution in [0.2, 0.25) is 0 Å². The predicted molar refractivity (Wildman–Crippen MR) is 81.6 cm³/mol. The minimum absolute atomic E-state index is 0.142. The van der Waals surface area contributed by atoms with E-state index in [1.54, 1.807) is 12.5 Å².